The lowest BCUT2D eigenvalue weighted by atomic mass is 9.99. The third kappa shape index (κ3) is 4.24. The molecule has 1 aromatic heterocycles. The fraction of sp³-hybridized carbons (Fsp3) is 0.600. The highest BCUT2D eigenvalue weighted by molar-refractivity contribution is 6.30. The SMILES string of the molecule is CC(Oc1cncc(Cl)c1)C1CCN1C(=O)OC(C)(C)C. The highest BCUT2D eigenvalue weighted by atomic mass is 35.5. The monoisotopic (exact) mass is 312 g/mol. The fourth-order valence-electron chi connectivity index (χ4n) is 2.19. The van der Waals surface area contributed by atoms with Gasteiger partial charge in [-0.25, -0.2) is 4.79 Å². The quantitative estimate of drug-likeness (QED) is 0.857. The molecule has 1 saturated heterocycles. The summed E-state index contributed by atoms with van der Waals surface area (Å²) in [6.07, 6.45) is 3.62. The van der Waals surface area contributed by atoms with Crippen LogP contribution >= 0.6 is 11.6 Å². The maximum absolute atomic E-state index is 12.1. The van der Waals surface area contributed by atoms with Gasteiger partial charge >= 0.3 is 6.09 Å². The number of ether oxygens (including phenoxy) is 2. The number of carbonyl (C=O) groups excluding carboxylic acids is 1. The van der Waals surface area contributed by atoms with E-state index in [0.717, 1.165) is 6.42 Å². The van der Waals surface area contributed by atoms with E-state index in [-0.39, 0.29) is 18.2 Å². The van der Waals surface area contributed by atoms with Gasteiger partial charge in [0.1, 0.15) is 17.5 Å². The number of amides is 1. The molecule has 0 bridgehead atoms. The van der Waals surface area contributed by atoms with Gasteiger partial charge in [0.05, 0.1) is 17.3 Å². The number of nitrogens with zero attached hydrogens (tertiary/aromatic N) is 2. The van der Waals surface area contributed by atoms with Crippen LogP contribution in [0.1, 0.15) is 34.1 Å². The van der Waals surface area contributed by atoms with Crippen molar-refractivity contribution in [2.24, 2.45) is 0 Å². The molecule has 2 rings (SSSR count). The Morgan fingerprint density at radius 1 is 1.48 bits per heavy atom. The van der Waals surface area contributed by atoms with Crippen LogP contribution < -0.4 is 4.74 Å². The van der Waals surface area contributed by atoms with E-state index < -0.39 is 5.60 Å². The molecular weight excluding hydrogens is 292 g/mol. The molecule has 1 aliphatic rings. The first kappa shape index (κ1) is 15.9. The zero-order valence-electron chi connectivity index (χ0n) is 12.8. The van der Waals surface area contributed by atoms with Gasteiger partial charge < -0.3 is 14.4 Å². The minimum Gasteiger partial charge on any atom is -0.487 e. The van der Waals surface area contributed by atoms with Crippen LogP contribution in [0.25, 0.3) is 0 Å². The Morgan fingerprint density at radius 3 is 2.71 bits per heavy atom. The molecule has 1 aliphatic heterocycles. The Kier molecular flexibility index (Phi) is 4.61. The Bertz CT molecular complexity index is 516. The highest BCUT2D eigenvalue weighted by Crippen LogP contribution is 2.27. The molecule has 21 heavy (non-hydrogen) atoms. The van der Waals surface area contributed by atoms with Gasteiger partial charge in [0.25, 0.3) is 0 Å². The molecule has 116 valence electrons. The van der Waals surface area contributed by atoms with E-state index in [1.54, 1.807) is 23.4 Å². The average Bonchev–Trinajstić information content (AvgIpc) is 2.23. The number of hydrogen-bond donors (Lipinski definition) is 0. The van der Waals surface area contributed by atoms with E-state index in [9.17, 15) is 4.79 Å². The van der Waals surface area contributed by atoms with Crippen molar-refractivity contribution in [3.63, 3.8) is 0 Å². The first-order valence-electron chi connectivity index (χ1n) is 7.03. The van der Waals surface area contributed by atoms with E-state index in [1.807, 2.05) is 27.7 Å². The second kappa shape index (κ2) is 6.10. The van der Waals surface area contributed by atoms with Gasteiger partial charge in [-0.15, -0.1) is 0 Å². The van der Waals surface area contributed by atoms with Crippen molar-refractivity contribution in [1.82, 2.24) is 9.88 Å². The van der Waals surface area contributed by atoms with Crippen LogP contribution in [0.2, 0.25) is 5.02 Å². The Morgan fingerprint density at radius 2 is 2.19 bits per heavy atom. The van der Waals surface area contributed by atoms with Crippen molar-refractivity contribution >= 4 is 17.7 Å². The van der Waals surface area contributed by atoms with Crippen LogP contribution in [-0.4, -0.2) is 40.3 Å². The summed E-state index contributed by atoms with van der Waals surface area (Å²) in [5, 5.41) is 0.525. The third-order valence-electron chi connectivity index (χ3n) is 3.24. The molecule has 1 amide bonds. The largest absolute Gasteiger partial charge is 0.487 e. The van der Waals surface area contributed by atoms with Crippen LogP contribution in [0.3, 0.4) is 0 Å². The number of aromatic nitrogens is 1. The topological polar surface area (TPSA) is 51.7 Å². The van der Waals surface area contributed by atoms with E-state index in [1.165, 1.54) is 0 Å². The van der Waals surface area contributed by atoms with Gasteiger partial charge in [0.15, 0.2) is 0 Å². The molecule has 2 unspecified atom stereocenters. The van der Waals surface area contributed by atoms with Crippen LogP contribution in [0.4, 0.5) is 4.79 Å². The van der Waals surface area contributed by atoms with Gasteiger partial charge in [-0.1, -0.05) is 11.6 Å². The lowest BCUT2D eigenvalue weighted by Gasteiger charge is -2.44. The second-order valence-electron chi connectivity index (χ2n) is 6.19. The highest BCUT2D eigenvalue weighted by Gasteiger charge is 2.39. The van der Waals surface area contributed by atoms with E-state index >= 15 is 0 Å². The lowest BCUT2D eigenvalue weighted by molar-refractivity contribution is -0.0300. The number of pyridine rings is 1. The van der Waals surface area contributed by atoms with Gasteiger partial charge in [-0.2, -0.15) is 0 Å². The smallest absolute Gasteiger partial charge is 0.410 e. The van der Waals surface area contributed by atoms with Crippen molar-refractivity contribution in [1.29, 1.82) is 0 Å². The standard InChI is InChI=1S/C15H21ClN2O3/c1-10(20-12-7-11(16)8-17-9-12)13-5-6-18(13)14(19)21-15(2,3)4/h7-10,13H,5-6H2,1-4H3. The molecule has 1 fully saturated rings. The Hall–Kier alpha value is -1.49. The Labute approximate surface area is 130 Å². The van der Waals surface area contributed by atoms with Crippen molar-refractivity contribution in [2.75, 3.05) is 6.54 Å². The summed E-state index contributed by atoms with van der Waals surface area (Å²) in [6.45, 7) is 8.20. The molecule has 0 radical (unpaired) electrons. The van der Waals surface area contributed by atoms with Crippen molar-refractivity contribution < 1.29 is 14.3 Å². The van der Waals surface area contributed by atoms with E-state index in [4.69, 9.17) is 21.1 Å². The number of hydrogen-bond acceptors (Lipinski definition) is 4. The fourth-order valence-corrected chi connectivity index (χ4v) is 2.36. The Balaban J connectivity index is 1.94. The molecule has 2 heterocycles. The van der Waals surface area contributed by atoms with Crippen LogP contribution in [-0.2, 0) is 4.74 Å². The van der Waals surface area contributed by atoms with Gasteiger partial charge in [0.2, 0.25) is 0 Å². The summed E-state index contributed by atoms with van der Waals surface area (Å²) in [5.41, 5.74) is -0.488. The molecule has 0 aliphatic carbocycles. The lowest BCUT2D eigenvalue weighted by Crippen LogP contribution is -2.58. The zero-order valence-corrected chi connectivity index (χ0v) is 13.6. The summed E-state index contributed by atoms with van der Waals surface area (Å²) in [6, 6.07) is 1.72. The summed E-state index contributed by atoms with van der Waals surface area (Å²) in [5.74, 6) is 0.603. The number of likely N-dealkylation sites (tertiary alicyclic amines) is 1. The minimum absolute atomic E-state index is 0.0128. The molecule has 0 saturated carbocycles. The normalized spacial score (nSPS) is 19.7. The number of carbonyl (C=O) groups is 1. The molecular formula is C15H21ClN2O3. The molecule has 0 spiro atoms. The van der Waals surface area contributed by atoms with Crippen LogP contribution in [0.15, 0.2) is 18.5 Å². The second-order valence-corrected chi connectivity index (χ2v) is 6.63. The summed E-state index contributed by atoms with van der Waals surface area (Å²) < 4.78 is 11.2. The molecule has 6 heteroatoms. The first-order chi connectivity index (χ1) is 9.76. The van der Waals surface area contributed by atoms with Gasteiger partial charge in [0, 0.05) is 18.8 Å². The predicted molar refractivity (Wildman–Crippen MR) is 80.7 cm³/mol. The van der Waals surface area contributed by atoms with Gasteiger partial charge in [-0.3, -0.25) is 4.98 Å². The summed E-state index contributed by atoms with van der Waals surface area (Å²) >= 11 is 5.88. The molecule has 0 aromatic carbocycles. The summed E-state index contributed by atoms with van der Waals surface area (Å²) in [4.78, 5) is 17.8. The van der Waals surface area contributed by atoms with Crippen LogP contribution in [0, 0.1) is 0 Å². The first-order valence-corrected chi connectivity index (χ1v) is 7.41. The molecule has 1 aromatic rings. The molecule has 5 nitrogen and oxygen atoms in total. The van der Waals surface area contributed by atoms with Crippen molar-refractivity contribution in [2.45, 2.75) is 51.9 Å². The third-order valence-corrected chi connectivity index (χ3v) is 3.44. The van der Waals surface area contributed by atoms with E-state index in [0.29, 0.717) is 17.3 Å². The zero-order chi connectivity index (χ0) is 15.6. The molecule has 2 atom stereocenters. The number of rotatable bonds is 3. The minimum atomic E-state index is -0.488. The van der Waals surface area contributed by atoms with Crippen molar-refractivity contribution in [3.8, 4) is 5.75 Å². The number of halogens is 1. The predicted octanol–water partition coefficient (Wildman–Crippen LogP) is 3.51. The van der Waals surface area contributed by atoms with E-state index in [2.05, 4.69) is 4.98 Å². The van der Waals surface area contributed by atoms with Crippen LogP contribution in [0.5, 0.6) is 5.75 Å². The average molecular weight is 313 g/mol. The maximum atomic E-state index is 12.1. The maximum Gasteiger partial charge on any atom is 0.410 e. The van der Waals surface area contributed by atoms with Gasteiger partial charge in [-0.05, 0) is 34.1 Å². The molecule has 0 N–H and O–H groups in total. The van der Waals surface area contributed by atoms with Crippen molar-refractivity contribution in [3.05, 3.63) is 23.5 Å². The summed E-state index contributed by atoms with van der Waals surface area (Å²) in [7, 11) is 0.